The van der Waals surface area contributed by atoms with Crippen LogP contribution in [0, 0.1) is 0 Å². The lowest BCUT2D eigenvalue weighted by Gasteiger charge is -2.21. The SMILES string of the molecule is CCN(CC)CCNC(C(N)=O)c1ccc(Cl)c(Br)c1. The van der Waals surface area contributed by atoms with Gasteiger partial charge in [0, 0.05) is 17.6 Å². The van der Waals surface area contributed by atoms with E-state index in [1.807, 2.05) is 12.1 Å². The normalized spacial score (nSPS) is 12.7. The molecule has 0 saturated heterocycles. The van der Waals surface area contributed by atoms with Gasteiger partial charge in [-0.05, 0) is 46.7 Å². The molecule has 1 aromatic carbocycles. The summed E-state index contributed by atoms with van der Waals surface area (Å²) in [5, 5.41) is 3.81. The number of rotatable bonds is 8. The second-order valence-electron chi connectivity index (χ2n) is 4.49. The molecule has 1 unspecified atom stereocenters. The standard InChI is InChI=1S/C14H21BrClN3O/c1-3-19(4-2)8-7-18-13(14(17)20)10-5-6-12(16)11(15)9-10/h5-6,9,13,18H,3-4,7-8H2,1-2H3,(H2,17,20). The molecule has 1 amide bonds. The van der Waals surface area contributed by atoms with Gasteiger partial charge in [0.2, 0.25) is 5.91 Å². The number of benzene rings is 1. The van der Waals surface area contributed by atoms with Gasteiger partial charge in [0.15, 0.2) is 0 Å². The minimum absolute atomic E-state index is 0.390. The number of nitrogens with one attached hydrogen (secondary N) is 1. The zero-order valence-electron chi connectivity index (χ0n) is 11.8. The van der Waals surface area contributed by atoms with Crippen LogP contribution in [0.15, 0.2) is 22.7 Å². The van der Waals surface area contributed by atoms with Gasteiger partial charge in [-0.3, -0.25) is 4.79 Å². The Bertz CT molecular complexity index is 452. The fraction of sp³-hybridized carbons (Fsp3) is 0.500. The maximum absolute atomic E-state index is 11.6. The smallest absolute Gasteiger partial charge is 0.239 e. The number of likely N-dealkylation sites (N-methyl/N-ethyl adjacent to an activating group) is 1. The summed E-state index contributed by atoms with van der Waals surface area (Å²) in [6.45, 7) is 7.80. The maximum Gasteiger partial charge on any atom is 0.239 e. The van der Waals surface area contributed by atoms with Crippen molar-refractivity contribution >= 4 is 33.4 Å². The first-order chi connectivity index (χ1) is 9.49. The highest BCUT2D eigenvalue weighted by molar-refractivity contribution is 9.10. The monoisotopic (exact) mass is 361 g/mol. The maximum atomic E-state index is 11.6. The number of amides is 1. The average molecular weight is 363 g/mol. The molecule has 6 heteroatoms. The highest BCUT2D eigenvalue weighted by Gasteiger charge is 2.18. The van der Waals surface area contributed by atoms with E-state index >= 15 is 0 Å². The van der Waals surface area contributed by atoms with Crippen molar-refractivity contribution in [3.63, 3.8) is 0 Å². The third kappa shape index (κ3) is 5.05. The summed E-state index contributed by atoms with van der Waals surface area (Å²) >= 11 is 9.32. The lowest BCUT2D eigenvalue weighted by molar-refractivity contribution is -0.120. The van der Waals surface area contributed by atoms with Gasteiger partial charge in [0.1, 0.15) is 6.04 Å². The molecule has 20 heavy (non-hydrogen) atoms. The summed E-state index contributed by atoms with van der Waals surface area (Å²) in [6.07, 6.45) is 0. The molecule has 1 aromatic rings. The summed E-state index contributed by atoms with van der Waals surface area (Å²) in [5.41, 5.74) is 6.29. The lowest BCUT2D eigenvalue weighted by Crippen LogP contribution is -2.38. The molecular weight excluding hydrogens is 342 g/mol. The van der Waals surface area contributed by atoms with Gasteiger partial charge in [-0.2, -0.15) is 0 Å². The van der Waals surface area contributed by atoms with Gasteiger partial charge in [0.25, 0.3) is 0 Å². The van der Waals surface area contributed by atoms with Crippen LogP contribution in [0.25, 0.3) is 0 Å². The lowest BCUT2D eigenvalue weighted by atomic mass is 10.1. The Balaban J connectivity index is 2.69. The number of hydrogen-bond acceptors (Lipinski definition) is 3. The van der Waals surface area contributed by atoms with Crippen LogP contribution < -0.4 is 11.1 Å². The molecular formula is C14H21BrClN3O. The molecule has 0 aliphatic heterocycles. The number of hydrogen-bond donors (Lipinski definition) is 2. The molecule has 0 radical (unpaired) electrons. The van der Waals surface area contributed by atoms with E-state index in [1.165, 1.54) is 0 Å². The first-order valence-corrected chi connectivity index (χ1v) is 7.86. The van der Waals surface area contributed by atoms with Crippen LogP contribution in [0.5, 0.6) is 0 Å². The molecule has 0 aromatic heterocycles. The summed E-state index contributed by atoms with van der Waals surface area (Å²) in [6, 6.07) is 4.89. The minimum atomic E-state index is -0.501. The molecule has 1 atom stereocenters. The van der Waals surface area contributed by atoms with Crippen LogP contribution in [0.1, 0.15) is 25.5 Å². The molecule has 4 nitrogen and oxygen atoms in total. The summed E-state index contributed by atoms with van der Waals surface area (Å²) in [7, 11) is 0. The number of primary amides is 1. The Labute approximate surface area is 133 Å². The van der Waals surface area contributed by atoms with E-state index in [-0.39, 0.29) is 0 Å². The van der Waals surface area contributed by atoms with Crippen LogP contribution in [0.3, 0.4) is 0 Å². The average Bonchev–Trinajstić information content (AvgIpc) is 2.42. The van der Waals surface area contributed by atoms with Crippen LogP contribution in [0.4, 0.5) is 0 Å². The minimum Gasteiger partial charge on any atom is -0.368 e. The molecule has 0 saturated carbocycles. The van der Waals surface area contributed by atoms with Crippen molar-refractivity contribution in [1.82, 2.24) is 10.2 Å². The van der Waals surface area contributed by atoms with Crippen LogP contribution in [-0.2, 0) is 4.79 Å². The highest BCUT2D eigenvalue weighted by atomic mass is 79.9. The van der Waals surface area contributed by atoms with Gasteiger partial charge in [-0.1, -0.05) is 31.5 Å². The fourth-order valence-corrected chi connectivity index (χ4v) is 2.50. The molecule has 0 bridgehead atoms. The Kier molecular flexibility index (Phi) is 7.51. The van der Waals surface area contributed by atoms with Crippen molar-refractivity contribution < 1.29 is 4.79 Å². The Morgan fingerprint density at radius 3 is 2.60 bits per heavy atom. The predicted molar refractivity (Wildman–Crippen MR) is 86.9 cm³/mol. The van der Waals surface area contributed by atoms with Crippen molar-refractivity contribution in [2.24, 2.45) is 5.73 Å². The Morgan fingerprint density at radius 2 is 2.10 bits per heavy atom. The number of halogens is 2. The summed E-state index contributed by atoms with van der Waals surface area (Å²) < 4.78 is 0.758. The third-order valence-corrected chi connectivity index (χ3v) is 4.45. The predicted octanol–water partition coefficient (Wildman–Crippen LogP) is 2.56. The Hall–Kier alpha value is -0.620. The topological polar surface area (TPSA) is 58.4 Å². The Morgan fingerprint density at radius 1 is 1.45 bits per heavy atom. The molecule has 1 rings (SSSR count). The first kappa shape index (κ1) is 17.4. The largest absolute Gasteiger partial charge is 0.368 e. The fourth-order valence-electron chi connectivity index (χ4n) is 1.98. The number of nitrogens with zero attached hydrogens (tertiary/aromatic N) is 1. The van der Waals surface area contributed by atoms with Crippen molar-refractivity contribution in [3.05, 3.63) is 33.3 Å². The number of carbonyl (C=O) groups is 1. The number of carbonyl (C=O) groups excluding carboxylic acids is 1. The zero-order chi connectivity index (χ0) is 15.1. The van der Waals surface area contributed by atoms with Crippen molar-refractivity contribution in [2.75, 3.05) is 26.2 Å². The molecule has 0 aliphatic rings. The zero-order valence-corrected chi connectivity index (χ0v) is 14.2. The number of nitrogens with two attached hydrogens (primary N) is 1. The third-order valence-electron chi connectivity index (χ3n) is 3.23. The van der Waals surface area contributed by atoms with E-state index in [4.69, 9.17) is 17.3 Å². The van der Waals surface area contributed by atoms with E-state index in [2.05, 4.69) is 40.0 Å². The van der Waals surface area contributed by atoms with Crippen LogP contribution in [-0.4, -0.2) is 37.0 Å². The van der Waals surface area contributed by atoms with Gasteiger partial charge in [-0.15, -0.1) is 0 Å². The molecule has 0 spiro atoms. The molecule has 112 valence electrons. The summed E-state index contributed by atoms with van der Waals surface area (Å²) in [4.78, 5) is 13.9. The quantitative estimate of drug-likeness (QED) is 0.747. The van der Waals surface area contributed by atoms with E-state index in [1.54, 1.807) is 6.07 Å². The molecule has 0 heterocycles. The van der Waals surface area contributed by atoms with Crippen LogP contribution in [0.2, 0.25) is 5.02 Å². The highest BCUT2D eigenvalue weighted by Crippen LogP contribution is 2.26. The van der Waals surface area contributed by atoms with Crippen LogP contribution >= 0.6 is 27.5 Å². The van der Waals surface area contributed by atoms with E-state index < -0.39 is 11.9 Å². The van der Waals surface area contributed by atoms with E-state index in [0.29, 0.717) is 11.6 Å². The van der Waals surface area contributed by atoms with E-state index in [0.717, 1.165) is 29.7 Å². The second-order valence-corrected chi connectivity index (χ2v) is 5.75. The van der Waals surface area contributed by atoms with Crippen molar-refractivity contribution in [1.29, 1.82) is 0 Å². The van der Waals surface area contributed by atoms with Crippen molar-refractivity contribution in [3.8, 4) is 0 Å². The first-order valence-electron chi connectivity index (χ1n) is 6.69. The molecule has 0 fully saturated rings. The van der Waals surface area contributed by atoms with Crippen molar-refractivity contribution in [2.45, 2.75) is 19.9 Å². The second kappa shape index (κ2) is 8.62. The van der Waals surface area contributed by atoms with E-state index in [9.17, 15) is 4.79 Å². The summed E-state index contributed by atoms with van der Waals surface area (Å²) in [5.74, 6) is -0.390. The van der Waals surface area contributed by atoms with Gasteiger partial charge in [-0.25, -0.2) is 0 Å². The van der Waals surface area contributed by atoms with Gasteiger partial charge >= 0.3 is 0 Å². The van der Waals surface area contributed by atoms with Gasteiger partial charge < -0.3 is 16.0 Å². The molecule has 0 aliphatic carbocycles. The molecule has 3 N–H and O–H groups in total. The van der Waals surface area contributed by atoms with Gasteiger partial charge in [0.05, 0.1) is 5.02 Å².